The largest absolute Gasteiger partial charge is 0.352 e. The first-order valence-electron chi connectivity index (χ1n) is 7.16. The molecule has 0 fully saturated rings. The van der Waals surface area contributed by atoms with Crippen molar-refractivity contribution in [2.75, 3.05) is 11.9 Å². The maximum absolute atomic E-state index is 12.1. The highest BCUT2D eigenvalue weighted by atomic mass is 35.5. The molecule has 0 bridgehead atoms. The van der Waals surface area contributed by atoms with E-state index in [0.717, 1.165) is 6.42 Å². The lowest BCUT2D eigenvalue weighted by Gasteiger charge is -2.08. The first kappa shape index (κ1) is 17.3. The van der Waals surface area contributed by atoms with Crippen LogP contribution in [0.25, 0.3) is 0 Å². The van der Waals surface area contributed by atoms with Crippen molar-refractivity contribution < 1.29 is 9.59 Å². The summed E-state index contributed by atoms with van der Waals surface area (Å²) in [7, 11) is 0. The molecule has 0 saturated heterocycles. The molecule has 0 aromatic heterocycles. The lowest BCUT2D eigenvalue weighted by atomic mass is 10.1. The lowest BCUT2D eigenvalue weighted by Crippen LogP contribution is -2.23. The summed E-state index contributed by atoms with van der Waals surface area (Å²) in [5, 5.41) is 6.25. The van der Waals surface area contributed by atoms with E-state index in [-0.39, 0.29) is 11.8 Å². The highest BCUT2D eigenvalue weighted by Gasteiger charge is 2.09. The normalized spacial score (nSPS) is 10.2. The summed E-state index contributed by atoms with van der Waals surface area (Å²) in [5.41, 5.74) is 1.54. The van der Waals surface area contributed by atoms with E-state index in [4.69, 9.17) is 23.2 Å². The van der Waals surface area contributed by atoms with Crippen LogP contribution in [0, 0.1) is 0 Å². The Morgan fingerprint density at radius 3 is 2.17 bits per heavy atom. The topological polar surface area (TPSA) is 58.2 Å². The molecule has 0 saturated carbocycles. The number of benzene rings is 2. The molecule has 0 aliphatic heterocycles. The Balaban J connectivity index is 2.04. The standard InChI is InChI=1S/C17H16Cl2N2O2/c1-2-9-20-16(22)11-3-6-13(7-4-11)21-17(23)12-5-8-14(18)15(19)10-12/h3-8,10H,2,9H2,1H3,(H,20,22)(H,21,23). The third-order valence-corrected chi connectivity index (χ3v) is 3.86. The van der Waals surface area contributed by atoms with Crippen LogP contribution in [0.5, 0.6) is 0 Å². The average Bonchev–Trinajstić information content (AvgIpc) is 2.55. The van der Waals surface area contributed by atoms with Gasteiger partial charge in [-0.15, -0.1) is 0 Å². The SMILES string of the molecule is CCCNC(=O)c1ccc(NC(=O)c2ccc(Cl)c(Cl)c2)cc1. The Morgan fingerprint density at radius 2 is 1.57 bits per heavy atom. The fourth-order valence-electron chi connectivity index (χ4n) is 1.89. The zero-order valence-electron chi connectivity index (χ0n) is 12.5. The minimum Gasteiger partial charge on any atom is -0.352 e. The molecule has 0 atom stereocenters. The summed E-state index contributed by atoms with van der Waals surface area (Å²) >= 11 is 11.7. The Kier molecular flexibility index (Phi) is 6.02. The first-order valence-corrected chi connectivity index (χ1v) is 7.91. The molecule has 23 heavy (non-hydrogen) atoms. The molecule has 2 aromatic carbocycles. The molecule has 120 valence electrons. The lowest BCUT2D eigenvalue weighted by molar-refractivity contribution is 0.0953. The van der Waals surface area contributed by atoms with E-state index in [1.807, 2.05) is 6.92 Å². The van der Waals surface area contributed by atoms with Gasteiger partial charge in [-0.2, -0.15) is 0 Å². The second kappa shape index (κ2) is 7.99. The van der Waals surface area contributed by atoms with Crippen LogP contribution in [0.1, 0.15) is 34.1 Å². The van der Waals surface area contributed by atoms with Gasteiger partial charge in [-0.1, -0.05) is 30.1 Å². The number of hydrogen-bond donors (Lipinski definition) is 2. The molecule has 0 aliphatic rings. The van der Waals surface area contributed by atoms with Gasteiger partial charge in [-0.3, -0.25) is 9.59 Å². The molecule has 0 unspecified atom stereocenters. The van der Waals surface area contributed by atoms with E-state index in [0.29, 0.717) is 33.4 Å². The van der Waals surface area contributed by atoms with Gasteiger partial charge in [-0.05, 0) is 48.9 Å². The second-order valence-corrected chi connectivity index (χ2v) is 5.73. The van der Waals surface area contributed by atoms with Gasteiger partial charge in [-0.25, -0.2) is 0 Å². The number of halogens is 2. The fraction of sp³-hybridized carbons (Fsp3) is 0.176. The van der Waals surface area contributed by atoms with Crippen LogP contribution in [-0.4, -0.2) is 18.4 Å². The minimum atomic E-state index is -0.299. The summed E-state index contributed by atoms with van der Waals surface area (Å²) in [6.45, 7) is 2.62. The second-order valence-electron chi connectivity index (χ2n) is 4.92. The van der Waals surface area contributed by atoms with Crippen molar-refractivity contribution >= 4 is 40.7 Å². The molecule has 0 aliphatic carbocycles. The Labute approximate surface area is 144 Å². The predicted molar refractivity (Wildman–Crippen MR) is 93.5 cm³/mol. The minimum absolute atomic E-state index is 0.130. The number of amides is 2. The van der Waals surface area contributed by atoms with Gasteiger partial charge >= 0.3 is 0 Å². The number of carbonyl (C=O) groups is 2. The van der Waals surface area contributed by atoms with Crippen LogP contribution in [0.3, 0.4) is 0 Å². The van der Waals surface area contributed by atoms with Gasteiger partial charge < -0.3 is 10.6 Å². The zero-order chi connectivity index (χ0) is 16.8. The number of carbonyl (C=O) groups excluding carboxylic acids is 2. The van der Waals surface area contributed by atoms with E-state index in [9.17, 15) is 9.59 Å². The maximum Gasteiger partial charge on any atom is 0.255 e. The third kappa shape index (κ3) is 4.71. The van der Waals surface area contributed by atoms with Crippen molar-refractivity contribution in [3.05, 3.63) is 63.6 Å². The summed E-state index contributed by atoms with van der Waals surface area (Å²) in [6, 6.07) is 11.3. The first-order chi connectivity index (χ1) is 11.0. The van der Waals surface area contributed by atoms with Gasteiger partial charge in [0.05, 0.1) is 10.0 Å². The quantitative estimate of drug-likeness (QED) is 0.840. The number of anilines is 1. The van der Waals surface area contributed by atoms with Crippen molar-refractivity contribution in [1.29, 1.82) is 0 Å². The van der Waals surface area contributed by atoms with Crippen molar-refractivity contribution in [2.45, 2.75) is 13.3 Å². The molecule has 0 radical (unpaired) electrons. The van der Waals surface area contributed by atoms with Crippen LogP contribution in [-0.2, 0) is 0 Å². The van der Waals surface area contributed by atoms with E-state index in [1.165, 1.54) is 6.07 Å². The Bertz CT molecular complexity index is 715. The molecule has 0 heterocycles. The molecule has 2 aromatic rings. The summed E-state index contributed by atoms with van der Waals surface area (Å²) in [6.07, 6.45) is 0.879. The Hall–Kier alpha value is -2.04. The molecule has 0 spiro atoms. The molecular formula is C17H16Cl2N2O2. The average molecular weight is 351 g/mol. The van der Waals surface area contributed by atoms with Crippen LogP contribution in [0.4, 0.5) is 5.69 Å². The number of rotatable bonds is 5. The van der Waals surface area contributed by atoms with Crippen LogP contribution >= 0.6 is 23.2 Å². The van der Waals surface area contributed by atoms with Gasteiger partial charge in [0.15, 0.2) is 0 Å². The van der Waals surface area contributed by atoms with Gasteiger partial charge in [0.2, 0.25) is 0 Å². The van der Waals surface area contributed by atoms with E-state index >= 15 is 0 Å². The molecule has 2 N–H and O–H groups in total. The van der Waals surface area contributed by atoms with Gasteiger partial charge in [0, 0.05) is 23.4 Å². The summed E-state index contributed by atoms with van der Waals surface area (Å²) in [4.78, 5) is 23.9. The number of hydrogen-bond acceptors (Lipinski definition) is 2. The molecule has 4 nitrogen and oxygen atoms in total. The zero-order valence-corrected chi connectivity index (χ0v) is 14.0. The van der Waals surface area contributed by atoms with Crippen LogP contribution in [0.2, 0.25) is 10.0 Å². The predicted octanol–water partition coefficient (Wildman–Crippen LogP) is 4.39. The van der Waals surface area contributed by atoms with Crippen molar-refractivity contribution in [3.8, 4) is 0 Å². The number of nitrogens with one attached hydrogen (secondary N) is 2. The molecular weight excluding hydrogens is 335 g/mol. The summed E-state index contributed by atoms with van der Waals surface area (Å²) in [5.74, 6) is -0.430. The van der Waals surface area contributed by atoms with Crippen molar-refractivity contribution in [3.63, 3.8) is 0 Å². The van der Waals surface area contributed by atoms with Crippen molar-refractivity contribution in [2.24, 2.45) is 0 Å². The molecule has 6 heteroatoms. The van der Waals surface area contributed by atoms with Gasteiger partial charge in [0.1, 0.15) is 0 Å². The van der Waals surface area contributed by atoms with E-state index in [1.54, 1.807) is 36.4 Å². The maximum atomic E-state index is 12.1. The molecule has 2 amide bonds. The van der Waals surface area contributed by atoms with E-state index < -0.39 is 0 Å². The summed E-state index contributed by atoms with van der Waals surface area (Å²) < 4.78 is 0. The third-order valence-electron chi connectivity index (χ3n) is 3.12. The van der Waals surface area contributed by atoms with Gasteiger partial charge in [0.25, 0.3) is 11.8 Å². The highest BCUT2D eigenvalue weighted by Crippen LogP contribution is 2.23. The van der Waals surface area contributed by atoms with Crippen LogP contribution in [0.15, 0.2) is 42.5 Å². The Morgan fingerprint density at radius 1 is 0.913 bits per heavy atom. The highest BCUT2D eigenvalue weighted by molar-refractivity contribution is 6.42. The van der Waals surface area contributed by atoms with E-state index in [2.05, 4.69) is 10.6 Å². The smallest absolute Gasteiger partial charge is 0.255 e. The van der Waals surface area contributed by atoms with Crippen LogP contribution < -0.4 is 10.6 Å². The fourth-order valence-corrected chi connectivity index (χ4v) is 2.18. The monoisotopic (exact) mass is 350 g/mol. The molecule has 2 rings (SSSR count). The van der Waals surface area contributed by atoms with Crippen molar-refractivity contribution in [1.82, 2.24) is 5.32 Å².